The van der Waals surface area contributed by atoms with Crippen molar-refractivity contribution in [3.8, 4) is 5.75 Å². The summed E-state index contributed by atoms with van der Waals surface area (Å²) < 4.78 is 24.2. The van der Waals surface area contributed by atoms with Crippen molar-refractivity contribution in [2.24, 2.45) is 0 Å². The summed E-state index contributed by atoms with van der Waals surface area (Å²) in [6.45, 7) is 7.36. The van der Waals surface area contributed by atoms with Crippen molar-refractivity contribution in [3.05, 3.63) is 72.1 Å². The van der Waals surface area contributed by atoms with Crippen LogP contribution in [0.1, 0.15) is 24.2 Å². The number of nitrogens with one attached hydrogen (secondary N) is 1. The SMILES string of the molecule is C=C(C)CN(CC)C(=O)COC(=O)c1ccccc1OCC(=O)Nc1ccccc1F. The van der Waals surface area contributed by atoms with E-state index in [1.165, 1.54) is 35.2 Å². The van der Waals surface area contributed by atoms with Crippen molar-refractivity contribution in [2.75, 3.05) is 31.6 Å². The fraction of sp³-hybridized carbons (Fsp3) is 0.261. The molecule has 7 nitrogen and oxygen atoms in total. The van der Waals surface area contributed by atoms with Crippen LogP contribution in [0.5, 0.6) is 5.75 Å². The third-order valence-corrected chi connectivity index (χ3v) is 4.14. The van der Waals surface area contributed by atoms with Crippen LogP contribution in [-0.4, -0.2) is 49.0 Å². The second-order valence-corrected chi connectivity index (χ2v) is 6.75. The van der Waals surface area contributed by atoms with Crippen LogP contribution in [-0.2, 0) is 14.3 Å². The number of rotatable bonds is 10. The van der Waals surface area contributed by atoms with Crippen molar-refractivity contribution >= 4 is 23.5 Å². The highest BCUT2D eigenvalue weighted by Gasteiger charge is 2.18. The topological polar surface area (TPSA) is 84.9 Å². The van der Waals surface area contributed by atoms with Crippen molar-refractivity contribution < 1.29 is 28.2 Å². The molecule has 0 saturated carbocycles. The largest absolute Gasteiger partial charge is 0.483 e. The summed E-state index contributed by atoms with van der Waals surface area (Å²) in [7, 11) is 0. The lowest BCUT2D eigenvalue weighted by Gasteiger charge is -2.20. The molecule has 2 aromatic rings. The molecular weight excluding hydrogens is 403 g/mol. The fourth-order valence-corrected chi connectivity index (χ4v) is 2.65. The van der Waals surface area contributed by atoms with Crippen LogP contribution in [0.4, 0.5) is 10.1 Å². The van der Waals surface area contributed by atoms with Crippen LogP contribution in [0, 0.1) is 5.82 Å². The van der Waals surface area contributed by atoms with Gasteiger partial charge in [-0.05, 0) is 38.1 Å². The van der Waals surface area contributed by atoms with Crippen LogP contribution >= 0.6 is 0 Å². The van der Waals surface area contributed by atoms with E-state index in [-0.39, 0.29) is 22.9 Å². The molecule has 0 spiro atoms. The van der Waals surface area contributed by atoms with E-state index in [2.05, 4.69) is 11.9 Å². The molecule has 0 bridgehead atoms. The lowest BCUT2D eigenvalue weighted by molar-refractivity contribution is -0.133. The molecule has 164 valence electrons. The van der Waals surface area contributed by atoms with Gasteiger partial charge in [0.2, 0.25) is 0 Å². The third kappa shape index (κ3) is 7.26. The Bertz CT molecular complexity index is 960. The van der Waals surface area contributed by atoms with Crippen LogP contribution < -0.4 is 10.1 Å². The van der Waals surface area contributed by atoms with Crippen molar-refractivity contribution in [2.45, 2.75) is 13.8 Å². The average molecular weight is 428 g/mol. The average Bonchev–Trinajstić information content (AvgIpc) is 2.75. The van der Waals surface area contributed by atoms with Crippen molar-refractivity contribution in [3.63, 3.8) is 0 Å². The number of hydrogen-bond acceptors (Lipinski definition) is 5. The molecule has 2 aromatic carbocycles. The monoisotopic (exact) mass is 428 g/mol. The number of ether oxygens (including phenoxy) is 2. The molecule has 0 radical (unpaired) electrons. The summed E-state index contributed by atoms with van der Waals surface area (Å²) in [6, 6.07) is 11.9. The molecule has 0 atom stereocenters. The summed E-state index contributed by atoms with van der Waals surface area (Å²) in [4.78, 5) is 38.3. The molecule has 0 saturated heterocycles. The summed E-state index contributed by atoms with van der Waals surface area (Å²) in [5.41, 5.74) is 0.906. The first-order valence-corrected chi connectivity index (χ1v) is 9.67. The van der Waals surface area contributed by atoms with Gasteiger partial charge in [-0.3, -0.25) is 9.59 Å². The first-order chi connectivity index (χ1) is 14.8. The maximum atomic E-state index is 13.6. The molecule has 8 heteroatoms. The number of esters is 1. The van der Waals surface area contributed by atoms with E-state index in [1.807, 2.05) is 6.92 Å². The molecule has 0 fully saturated rings. The van der Waals surface area contributed by atoms with E-state index in [1.54, 1.807) is 25.1 Å². The van der Waals surface area contributed by atoms with E-state index in [0.717, 1.165) is 5.57 Å². The molecule has 2 amide bonds. The Morgan fingerprint density at radius 3 is 2.42 bits per heavy atom. The Labute approximate surface area is 180 Å². The Kier molecular flexibility index (Phi) is 8.75. The number of hydrogen-bond donors (Lipinski definition) is 1. The zero-order chi connectivity index (χ0) is 22.8. The quantitative estimate of drug-likeness (QED) is 0.463. The maximum absolute atomic E-state index is 13.6. The standard InChI is InChI=1S/C23H25FN2O5/c1-4-26(13-16(2)3)22(28)15-31-23(29)17-9-5-8-12-20(17)30-14-21(27)25-19-11-7-6-10-18(19)24/h5-12H,2,4,13-15H2,1,3H3,(H,25,27). The Morgan fingerprint density at radius 2 is 1.74 bits per heavy atom. The maximum Gasteiger partial charge on any atom is 0.342 e. The molecule has 0 aromatic heterocycles. The second kappa shape index (κ2) is 11.5. The van der Waals surface area contributed by atoms with Gasteiger partial charge in [0.15, 0.2) is 13.2 Å². The number of carbonyl (C=O) groups excluding carboxylic acids is 3. The number of anilines is 1. The van der Waals surface area contributed by atoms with E-state index < -0.39 is 30.9 Å². The van der Waals surface area contributed by atoms with Gasteiger partial charge in [0, 0.05) is 13.1 Å². The van der Waals surface area contributed by atoms with Crippen LogP contribution in [0.3, 0.4) is 0 Å². The summed E-state index contributed by atoms with van der Waals surface area (Å²) in [6.07, 6.45) is 0. The minimum absolute atomic E-state index is 0.0255. The number of nitrogens with zero attached hydrogens (tertiary/aromatic N) is 1. The number of carbonyl (C=O) groups is 3. The molecule has 0 heterocycles. The van der Waals surface area contributed by atoms with E-state index in [4.69, 9.17) is 9.47 Å². The fourth-order valence-electron chi connectivity index (χ4n) is 2.65. The van der Waals surface area contributed by atoms with Crippen molar-refractivity contribution in [1.82, 2.24) is 4.90 Å². The lowest BCUT2D eigenvalue weighted by atomic mass is 10.2. The number of amides is 2. The van der Waals surface area contributed by atoms with E-state index in [0.29, 0.717) is 13.1 Å². The minimum Gasteiger partial charge on any atom is -0.483 e. The van der Waals surface area contributed by atoms with Gasteiger partial charge in [0.1, 0.15) is 17.1 Å². The van der Waals surface area contributed by atoms with E-state index in [9.17, 15) is 18.8 Å². The molecular formula is C23H25FN2O5. The normalized spacial score (nSPS) is 10.2. The molecule has 0 unspecified atom stereocenters. The Balaban J connectivity index is 1.95. The third-order valence-electron chi connectivity index (χ3n) is 4.14. The van der Waals surface area contributed by atoms with Gasteiger partial charge in [-0.15, -0.1) is 0 Å². The van der Waals surface area contributed by atoms with Gasteiger partial charge in [0.25, 0.3) is 11.8 Å². The predicted octanol–water partition coefficient (Wildman–Crippen LogP) is 3.42. The van der Waals surface area contributed by atoms with E-state index >= 15 is 0 Å². The molecule has 2 rings (SSSR count). The first kappa shape index (κ1) is 23.6. The van der Waals surface area contributed by atoms with Crippen LogP contribution in [0.25, 0.3) is 0 Å². The zero-order valence-corrected chi connectivity index (χ0v) is 17.5. The summed E-state index contributed by atoms with van der Waals surface area (Å²) in [5.74, 6) is -2.16. The Hall–Kier alpha value is -3.68. The highest BCUT2D eigenvalue weighted by molar-refractivity contribution is 5.95. The molecule has 0 aliphatic carbocycles. The van der Waals surface area contributed by atoms with Gasteiger partial charge in [-0.2, -0.15) is 0 Å². The van der Waals surface area contributed by atoms with Crippen LogP contribution in [0.2, 0.25) is 0 Å². The summed E-state index contributed by atoms with van der Waals surface area (Å²) >= 11 is 0. The van der Waals surface area contributed by atoms with Crippen molar-refractivity contribution in [1.29, 1.82) is 0 Å². The number of likely N-dealkylation sites (N-methyl/N-ethyl adjacent to an activating group) is 1. The predicted molar refractivity (Wildman–Crippen MR) is 114 cm³/mol. The van der Waals surface area contributed by atoms with Gasteiger partial charge in [-0.1, -0.05) is 36.4 Å². The first-order valence-electron chi connectivity index (χ1n) is 9.67. The number of benzene rings is 2. The van der Waals surface area contributed by atoms with Gasteiger partial charge in [0.05, 0.1) is 5.69 Å². The number of halogens is 1. The minimum atomic E-state index is -0.759. The van der Waals surface area contributed by atoms with Gasteiger partial charge < -0.3 is 19.7 Å². The summed E-state index contributed by atoms with van der Waals surface area (Å²) in [5, 5.41) is 2.39. The highest BCUT2D eigenvalue weighted by atomic mass is 19.1. The number of para-hydroxylation sites is 2. The van der Waals surface area contributed by atoms with Gasteiger partial charge >= 0.3 is 5.97 Å². The lowest BCUT2D eigenvalue weighted by Crippen LogP contribution is -2.35. The molecule has 0 aliphatic rings. The molecule has 1 N–H and O–H groups in total. The van der Waals surface area contributed by atoms with Gasteiger partial charge in [-0.25, -0.2) is 9.18 Å². The molecule has 31 heavy (non-hydrogen) atoms. The molecule has 0 aliphatic heterocycles. The second-order valence-electron chi connectivity index (χ2n) is 6.75. The van der Waals surface area contributed by atoms with Crippen LogP contribution in [0.15, 0.2) is 60.7 Å². The Morgan fingerprint density at radius 1 is 1.06 bits per heavy atom. The highest BCUT2D eigenvalue weighted by Crippen LogP contribution is 2.19. The smallest absolute Gasteiger partial charge is 0.342 e. The zero-order valence-electron chi connectivity index (χ0n) is 17.5.